The van der Waals surface area contributed by atoms with Crippen LogP contribution in [0.15, 0.2) is 43.1 Å². The second-order valence-electron chi connectivity index (χ2n) is 7.43. The first-order valence-corrected chi connectivity index (χ1v) is 10.9. The lowest BCUT2D eigenvalue weighted by Crippen LogP contribution is -2.46. The van der Waals surface area contributed by atoms with Crippen molar-refractivity contribution in [2.45, 2.75) is 25.4 Å². The molecule has 3 aromatic heterocycles. The zero-order chi connectivity index (χ0) is 19.7. The highest BCUT2D eigenvalue weighted by molar-refractivity contribution is 7.89. The predicted octanol–water partition coefficient (Wildman–Crippen LogP) is 2.03. The topological polar surface area (TPSA) is 95.1 Å². The second-order valence-corrected chi connectivity index (χ2v) is 9.55. The minimum absolute atomic E-state index is 0.167. The standard InChI is InChI=1S/C19H24N6O2S/c1-24(11-14-3-6-20-7-4-14)28(26,27)12-15-9-16(10-15)25(2)19-17-5-8-21-18(17)22-13-23-19/h3-8,13,15-16H,9-12H2,1-2H3,(H,21,22,23). The molecular weight excluding hydrogens is 376 g/mol. The van der Waals surface area contributed by atoms with Crippen molar-refractivity contribution >= 4 is 26.9 Å². The molecule has 9 heteroatoms. The van der Waals surface area contributed by atoms with Gasteiger partial charge in [-0.25, -0.2) is 22.7 Å². The van der Waals surface area contributed by atoms with Crippen LogP contribution in [-0.2, 0) is 16.6 Å². The minimum atomic E-state index is -3.29. The van der Waals surface area contributed by atoms with E-state index >= 15 is 0 Å². The van der Waals surface area contributed by atoms with Gasteiger partial charge in [0, 0.05) is 45.3 Å². The monoisotopic (exact) mass is 400 g/mol. The number of aromatic nitrogens is 4. The molecule has 3 aromatic rings. The van der Waals surface area contributed by atoms with Crippen LogP contribution in [0.4, 0.5) is 5.82 Å². The highest BCUT2D eigenvalue weighted by Gasteiger charge is 2.37. The molecule has 8 nitrogen and oxygen atoms in total. The predicted molar refractivity (Wildman–Crippen MR) is 108 cm³/mol. The molecule has 0 radical (unpaired) electrons. The molecule has 0 saturated heterocycles. The number of H-pyrrole nitrogens is 1. The van der Waals surface area contributed by atoms with Crippen molar-refractivity contribution in [2.24, 2.45) is 5.92 Å². The summed E-state index contributed by atoms with van der Waals surface area (Å²) in [6.07, 6.45) is 8.45. The van der Waals surface area contributed by atoms with Crippen LogP contribution in [0.1, 0.15) is 18.4 Å². The van der Waals surface area contributed by atoms with Crippen LogP contribution in [0.25, 0.3) is 11.0 Å². The number of nitrogens with zero attached hydrogens (tertiary/aromatic N) is 5. The number of fused-ring (bicyclic) bond motifs is 1. The molecule has 148 valence electrons. The van der Waals surface area contributed by atoms with Gasteiger partial charge < -0.3 is 9.88 Å². The highest BCUT2D eigenvalue weighted by Crippen LogP contribution is 2.36. The lowest BCUT2D eigenvalue weighted by atomic mass is 9.81. The summed E-state index contributed by atoms with van der Waals surface area (Å²) < 4.78 is 26.8. The van der Waals surface area contributed by atoms with Crippen LogP contribution in [0.2, 0.25) is 0 Å². The molecule has 3 heterocycles. The Balaban J connectivity index is 1.35. The number of nitrogens with one attached hydrogen (secondary N) is 1. The third kappa shape index (κ3) is 3.72. The van der Waals surface area contributed by atoms with E-state index in [2.05, 4.69) is 24.8 Å². The van der Waals surface area contributed by atoms with Crippen LogP contribution < -0.4 is 4.90 Å². The van der Waals surface area contributed by atoms with Gasteiger partial charge in [0.25, 0.3) is 0 Å². The lowest BCUT2D eigenvalue weighted by Gasteiger charge is -2.42. The minimum Gasteiger partial charge on any atom is -0.356 e. The smallest absolute Gasteiger partial charge is 0.214 e. The van der Waals surface area contributed by atoms with E-state index in [4.69, 9.17) is 0 Å². The van der Waals surface area contributed by atoms with Crippen molar-refractivity contribution in [3.05, 3.63) is 48.7 Å². The Kier molecular flexibility index (Phi) is 5.03. The van der Waals surface area contributed by atoms with Gasteiger partial charge in [-0.1, -0.05) is 0 Å². The Morgan fingerprint density at radius 2 is 1.89 bits per heavy atom. The van der Waals surface area contributed by atoms with Gasteiger partial charge in [0.1, 0.15) is 17.8 Å². The first kappa shape index (κ1) is 18.8. The summed E-state index contributed by atoms with van der Waals surface area (Å²) in [6.45, 7) is 0.368. The summed E-state index contributed by atoms with van der Waals surface area (Å²) in [5.41, 5.74) is 1.75. The molecule has 1 saturated carbocycles. The van der Waals surface area contributed by atoms with Crippen molar-refractivity contribution < 1.29 is 8.42 Å². The molecular formula is C19H24N6O2S. The summed E-state index contributed by atoms with van der Waals surface area (Å²) in [4.78, 5) is 17.8. The largest absolute Gasteiger partial charge is 0.356 e. The molecule has 1 aliphatic rings. The third-order valence-corrected chi connectivity index (χ3v) is 7.47. The fourth-order valence-corrected chi connectivity index (χ4v) is 5.20. The van der Waals surface area contributed by atoms with Crippen molar-refractivity contribution in [2.75, 3.05) is 24.7 Å². The van der Waals surface area contributed by atoms with E-state index in [-0.39, 0.29) is 11.7 Å². The van der Waals surface area contributed by atoms with E-state index in [9.17, 15) is 8.42 Å². The Hall–Kier alpha value is -2.52. The number of sulfonamides is 1. The van der Waals surface area contributed by atoms with Crippen LogP contribution in [0, 0.1) is 5.92 Å². The molecule has 0 amide bonds. The molecule has 0 unspecified atom stereocenters. The number of hydrogen-bond acceptors (Lipinski definition) is 6. The van der Waals surface area contributed by atoms with Gasteiger partial charge in [-0.05, 0) is 42.5 Å². The molecule has 1 N–H and O–H groups in total. The SMILES string of the molecule is CN(c1ncnc2[nH]ccc12)C1CC(CS(=O)(=O)N(C)Cc2ccncc2)C1. The number of rotatable bonds is 7. The van der Waals surface area contributed by atoms with Crippen LogP contribution in [0.5, 0.6) is 0 Å². The molecule has 0 aromatic carbocycles. The number of anilines is 1. The van der Waals surface area contributed by atoms with Crippen molar-refractivity contribution in [1.29, 1.82) is 0 Å². The van der Waals surface area contributed by atoms with E-state index < -0.39 is 10.0 Å². The Bertz CT molecular complexity index is 1050. The summed E-state index contributed by atoms with van der Waals surface area (Å²) >= 11 is 0. The average molecular weight is 401 g/mol. The van der Waals surface area contributed by atoms with Crippen LogP contribution in [-0.4, -0.2) is 58.5 Å². The maximum Gasteiger partial charge on any atom is 0.214 e. The van der Waals surface area contributed by atoms with Crippen molar-refractivity contribution in [1.82, 2.24) is 24.2 Å². The van der Waals surface area contributed by atoms with E-state index in [0.29, 0.717) is 12.6 Å². The van der Waals surface area contributed by atoms with Crippen molar-refractivity contribution in [3.8, 4) is 0 Å². The molecule has 0 atom stereocenters. The molecule has 1 aliphatic carbocycles. The van der Waals surface area contributed by atoms with Gasteiger partial charge >= 0.3 is 0 Å². The summed E-state index contributed by atoms with van der Waals surface area (Å²) in [5, 5.41) is 0.984. The Morgan fingerprint density at radius 3 is 2.64 bits per heavy atom. The third-order valence-electron chi connectivity index (χ3n) is 5.50. The van der Waals surface area contributed by atoms with Crippen LogP contribution >= 0.6 is 0 Å². The Labute approximate surface area is 164 Å². The van der Waals surface area contributed by atoms with Gasteiger partial charge in [-0.2, -0.15) is 0 Å². The fraction of sp³-hybridized carbons (Fsp3) is 0.421. The second kappa shape index (κ2) is 7.48. The summed E-state index contributed by atoms with van der Waals surface area (Å²) in [6, 6.07) is 5.93. The number of pyridine rings is 1. The van der Waals surface area contributed by atoms with E-state index in [1.165, 1.54) is 4.31 Å². The highest BCUT2D eigenvalue weighted by atomic mass is 32.2. The van der Waals surface area contributed by atoms with Crippen molar-refractivity contribution in [3.63, 3.8) is 0 Å². The van der Waals surface area contributed by atoms with Gasteiger partial charge in [0.15, 0.2) is 0 Å². The molecule has 0 spiro atoms. The van der Waals surface area contributed by atoms with Gasteiger partial charge in [0.2, 0.25) is 10.0 Å². The maximum atomic E-state index is 12.7. The first-order chi connectivity index (χ1) is 13.4. The summed E-state index contributed by atoms with van der Waals surface area (Å²) in [5.74, 6) is 1.23. The Morgan fingerprint density at radius 1 is 1.14 bits per heavy atom. The average Bonchev–Trinajstić information content (AvgIpc) is 3.13. The molecule has 0 aliphatic heterocycles. The van der Waals surface area contributed by atoms with E-state index in [1.807, 2.05) is 31.4 Å². The van der Waals surface area contributed by atoms with Gasteiger partial charge in [0.05, 0.1) is 11.1 Å². The first-order valence-electron chi connectivity index (χ1n) is 9.28. The fourth-order valence-electron chi connectivity index (χ4n) is 3.73. The van der Waals surface area contributed by atoms with Crippen LogP contribution in [0.3, 0.4) is 0 Å². The van der Waals surface area contributed by atoms with E-state index in [1.54, 1.807) is 25.8 Å². The summed E-state index contributed by atoms with van der Waals surface area (Å²) in [7, 11) is 0.360. The molecule has 28 heavy (non-hydrogen) atoms. The molecule has 0 bridgehead atoms. The zero-order valence-electron chi connectivity index (χ0n) is 16.0. The number of aromatic amines is 1. The zero-order valence-corrected chi connectivity index (χ0v) is 16.8. The van der Waals surface area contributed by atoms with Gasteiger partial charge in [-0.15, -0.1) is 0 Å². The number of hydrogen-bond donors (Lipinski definition) is 1. The lowest BCUT2D eigenvalue weighted by molar-refractivity contribution is 0.278. The molecule has 1 fully saturated rings. The van der Waals surface area contributed by atoms with Gasteiger partial charge in [-0.3, -0.25) is 4.98 Å². The molecule has 4 rings (SSSR count). The quantitative estimate of drug-likeness (QED) is 0.652. The normalized spacial score (nSPS) is 19.7. The maximum absolute atomic E-state index is 12.7. The van der Waals surface area contributed by atoms with E-state index in [0.717, 1.165) is 35.3 Å².